The van der Waals surface area contributed by atoms with Crippen molar-refractivity contribution < 1.29 is 14.3 Å². The van der Waals surface area contributed by atoms with E-state index in [9.17, 15) is 9.59 Å². The lowest BCUT2D eigenvalue weighted by molar-refractivity contribution is -0.148. The molecule has 20 heavy (non-hydrogen) atoms. The van der Waals surface area contributed by atoms with Crippen LogP contribution in [0.1, 0.15) is 39.8 Å². The average molecular weight is 299 g/mol. The third-order valence-corrected chi connectivity index (χ3v) is 3.58. The summed E-state index contributed by atoms with van der Waals surface area (Å²) < 4.78 is 5.05. The lowest BCUT2D eigenvalue weighted by Crippen LogP contribution is -2.31. The molecule has 0 bridgehead atoms. The maximum absolute atomic E-state index is 11.9. The SMILES string of the molecule is CCOC(=O)C(C)(C)c1csc(NC(C)CC(N)=O)n1. The molecule has 1 unspecified atom stereocenters. The van der Waals surface area contributed by atoms with Gasteiger partial charge in [-0.1, -0.05) is 0 Å². The van der Waals surface area contributed by atoms with Crippen molar-refractivity contribution in [3.63, 3.8) is 0 Å². The highest BCUT2D eigenvalue weighted by molar-refractivity contribution is 7.13. The van der Waals surface area contributed by atoms with Crippen LogP contribution in [0.15, 0.2) is 5.38 Å². The molecule has 112 valence electrons. The largest absolute Gasteiger partial charge is 0.465 e. The van der Waals surface area contributed by atoms with E-state index in [0.717, 1.165) is 0 Å². The fourth-order valence-corrected chi connectivity index (χ4v) is 2.60. The Morgan fingerprint density at radius 3 is 2.75 bits per heavy atom. The maximum atomic E-state index is 11.9. The highest BCUT2D eigenvalue weighted by atomic mass is 32.1. The molecule has 7 heteroatoms. The van der Waals surface area contributed by atoms with E-state index >= 15 is 0 Å². The fraction of sp³-hybridized carbons (Fsp3) is 0.615. The van der Waals surface area contributed by atoms with E-state index in [1.165, 1.54) is 11.3 Å². The zero-order valence-corrected chi connectivity index (χ0v) is 13.0. The Balaban J connectivity index is 2.76. The molecule has 0 spiro atoms. The summed E-state index contributed by atoms with van der Waals surface area (Å²) >= 11 is 1.39. The first-order valence-corrected chi connectivity index (χ1v) is 7.33. The molecule has 0 fully saturated rings. The van der Waals surface area contributed by atoms with Gasteiger partial charge in [0.1, 0.15) is 5.41 Å². The van der Waals surface area contributed by atoms with E-state index in [1.807, 2.05) is 12.3 Å². The Morgan fingerprint density at radius 2 is 2.20 bits per heavy atom. The second-order valence-corrected chi connectivity index (χ2v) is 5.96. The van der Waals surface area contributed by atoms with Crippen LogP contribution in [-0.4, -0.2) is 29.5 Å². The molecule has 0 aliphatic carbocycles. The predicted molar refractivity (Wildman–Crippen MR) is 78.7 cm³/mol. The lowest BCUT2D eigenvalue weighted by Gasteiger charge is -2.19. The van der Waals surface area contributed by atoms with Crippen molar-refractivity contribution in [2.75, 3.05) is 11.9 Å². The van der Waals surface area contributed by atoms with Gasteiger partial charge < -0.3 is 15.8 Å². The van der Waals surface area contributed by atoms with Crippen LogP contribution >= 0.6 is 11.3 Å². The van der Waals surface area contributed by atoms with Crippen LogP contribution in [0.4, 0.5) is 5.13 Å². The third-order valence-electron chi connectivity index (χ3n) is 2.81. The van der Waals surface area contributed by atoms with Crippen LogP contribution in [0, 0.1) is 0 Å². The van der Waals surface area contributed by atoms with Crippen LogP contribution in [-0.2, 0) is 19.7 Å². The smallest absolute Gasteiger partial charge is 0.317 e. The highest BCUT2D eigenvalue weighted by Crippen LogP contribution is 2.28. The van der Waals surface area contributed by atoms with Crippen molar-refractivity contribution in [1.82, 2.24) is 4.98 Å². The number of nitrogens with one attached hydrogen (secondary N) is 1. The molecule has 1 heterocycles. The first kappa shape index (κ1) is 16.4. The first-order chi connectivity index (χ1) is 9.27. The number of primary amides is 1. The number of thiazole rings is 1. The van der Waals surface area contributed by atoms with Crippen molar-refractivity contribution in [3.05, 3.63) is 11.1 Å². The van der Waals surface area contributed by atoms with Gasteiger partial charge in [0.05, 0.1) is 12.3 Å². The molecule has 1 aromatic heterocycles. The van der Waals surface area contributed by atoms with Crippen molar-refractivity contribution in [2.45, 2.75) is 45.6 Å². The topological polar surface area (TPSA) is 94.3 Å². The Bertz CT molecular complexity index is 485. The molecule has 0 saturated carbocycles. The van der Waals surface area contributed by atoms with Gasteiger partial charge in [0.2, 0.25) is 5.91 Å². The van der Waals surface area contributed by atoms with Gasteiger partial charge in [-0.3, -0.25) is 9.59 Å². The molecule has 0 aliphatic rings. The molecule has 0 radical (unpaired) electrons. The molecule has 0 aliphatic heterocycles. The average Bonchev–Trinajstić information content (AvgIpc) is 2.77. The van der Waals surface area contributed by atoms with E-state index in [0.29, 0.717) is 17.4 Å². The van der Waals surface area contributed by atoms with Crippen LogP contribution in [0.2, 0.25) is 0 Å². The maximum Gasteiger partial charge on any atom is 0.317 e. The van der Waals surface area contributed by atoms with Gasteiger partial charge >= 0.3 is 5.97 Å². The summed E-state index contributed by atoms with van der Waals surface area (Å²) in [6.45, 7) is 7.51. The molecule has 0 aromatic carbocycles. The number of aromatic nitrogens is 1. The van der Waals surface area contributed by atoms with Crippen LogP contribution in [0.25, 0.3) is 0 Å². The quantitative estimate of drug-likeness (QED) is 0.747. The summed E-state index contributed by atoms with van der Waals surface area (Å²) in [5.74, 6) is -0.671. The third kappa shape index (κ3) is 4.19. The summed E-state index contributed by atoms with van der Waals surface area (Å²) in [4.78, 5) is 27.1. The zero-order valence-electron chi connectivity index (χ0n) is 12.2. The molecular weight excluding hydrogens is 278 g/mol. The molecule has 1 atom stereocenters. The number of nitrogens with zero attached hydrogens (tertiary/aromatic N) is 1. The van der Waals surface area contributed by atoms with Crippen LogP contribution < -0.4 is 11.1 Å². The van der Waals surface area contributed by atoms with Gasteiger partial charge in [0, 0.05) is 17.8 Å². The number of carbonyl (C=O) groups excluding carboxylic acids is 2. The standard InChI is InChI=1S/C13H21N3O3S/c1-5-19-11(18)13(3,4)9-7-20-12(16-9)15-8(2)6-10(14)17/h7-8H,5-6H2,1-4H3,(H2,14,17)(H,15,16). The van der Waals surface area contributed by atoms with Gasteiger partial charge in [-0.25, -0.2) is 4.98 Å². The Hall–Kier alpha value is -1.63. The van der Waals surface area contributed by atoms with Crippen molar-refractivity contribution >= 4 is 28.3 Å². The van der Waals surface area contributed by atoms with Gasteiger partial charge in [0.25, 0.3) is 0 Å². The lowest BCUT2D eigenvalue weighted by atomic mass is 9.90. The fourth-order valence-electron chi connectivity index (χ4n) is 1.61. The number of hydrogen-bond donors (Lipinski definition) is 2. The molecular formula is C13H21N3O3S. The molecule has 1 amide bonds. The van der Waals surface area contributed by atoms with Gasteiger partial charge in [-0.05, 0) is 27.7 Å². The van der Waals surface area contributed by atoms with E-state index in [2.05, 4.69) is 10.3 Å². The van der Waals surface area contributed by atoms with E-state index in [-0.39, 0.29) is 24.3 Å². The summed E-state index contributed by atoms with van der Waals surface area (Å²) in [5.41, 5.74) is 4.99. The Morgan fingerprint density at radius 1 is 1.55 bits per heavy atom. The molecule has 1 rings (SSSR count). The number of amides is 1. The second kappa shape index (κ2) is 6.69. The number of ether oxygens (including phenoxy) is 1. The normalized spacial score (nSPS) is 12.8. The van der Waals surface area contributed by atoms with Crippen LogP contribution in [0.5, 0.6) is 0 Å². The zero-order chi connectivity index (χ0) is 15.3. The summed E-state index contributed by atoms with van der Waals surface area (Å²) in [6.07, 6.45) is 0.232. The Labute approximate surface area is 122 Å². The number of nitrogens with two attached hydrogens (primary N) is 1. The van der Waals surface area contributed by atoms with Crippen molar-refractivity contribution in [3.8, 4) is 0 Å². The van der Waals surface area contributed by atoms with Gasteiger partial charge in [0.15, 0.2) is 5.13 Å². The highest BCUT2D eigenvalue weighted by Gasteiger charge is 2.34. The van der Waals surface area contributed by atoms with Crippen molar-refractivity contribution in [2.24, 2.45) is 5.73 Å². The number of carbonyl (C=O) groups is 2. The Kier molecular flexibility index (Phi) is 5.50. The monoisotopic (exact) mass is 299 g/mol. The number of esters is 1. The summed E-state index contributed by atoms with van der Waals surface area (Å²) in [7, 11) is 0. The van der Waals surface area contributed by atoms with Crippen LogP contribution in [0.3, 0.4) is 0 Å². The minimum absolute atomic E-state index is 0.0998. The van der Waals surface area contributed by atoms with E-state index < -0.39 is 5.41 Å². The van der Waals surface area contributed by atoms with Gasteiger partial charge in [-0.2, -0.15) is 0 Å². The van der Waals surface area contributed by atoms with Gasteiger partial charge in [-0.15, -0.1) is 11.3 Å². The summed E-state index contributed by atoms with van der Waals surface area (Å²) in [6, 6.07) is -0.0998. The van der Waals surface area contributed by atoms with E-state index in [1.54, 1.807) is 20.8 Å². The van der Waals surface area contributed by atoms with Crippen molar-refractivity contribution in [1.29, 1.82) is 0 Å². The molecule has 0 saturated heterocycles. The number of rotatable bonds is 7. The summed E-state index contributed by atoms with van der Waals surface area (Å²) in [5, 5.41) is 5.57. The number of hydrogen-bond acceptors (Lipinski definition) is 6. The minimum atomic E-state index is -0.792. The minimum Gasteiger partial charge on any atom is -0.465 e. The second-order valence-electron chi connectivity index (χ2n) is 5.10. The predicted octanol–water partition coefficient (Wildman–Crippen LogP) is 1.66. The molecule has 6 nitrogen and oxygen atoms in total. The van der Waals surface area contributed by atoms with E-state index in [4.69, 9.17) is 10.5 Å². The molecule has 3 N–H and O–H groups in total. The number of anilines is 1. The first-order valence-electron chi connectivity index (χ1n) is 6.45. The molecule has 1 aromatic rings.